The summed E-state index contributed by atoms with van der Waals surface area (Å²) in [5, 5.41) is 13.8. The summed E-state index contributed by atoms with van der Waals surface area (Å²) in [4.78, 5) is 16.9. The largest absolute Gasteiger partial charge is 0.497 e. The molecule has 2 aromatic heterocycles. The molecule has 3 rings (SSSR count). The van der Waals surface area contributed by atoms with Crippen molar-refractivity contribution in [3.05, 3.63) is 36.1 Å². The van der Waals surface area contributed by atoms with Crippen molar-refractivity contribution in [3.8, 4) is 17.1 Å². The van der Waals surface area contributed by atoms with Crippen LogP contribution in [0.2, 0.25) is 0 Å². The highest BCUT2D eigenvalue weighted by atomic mass is 32.2. The van der Waals surface area contributed by atoms with E-state index in [-0.39, 0.29) is 11.2 Å². The van der Waals surface area contributed by atoms with Gasteiger partial charge in [0.05, 0.1) is 12.4 Å². The number of amides is 1. The van der Waals surface area contributed by atoms with Crippen molar-refractivity contribution >= 4 is 23.5 Å². The highest BCUT2D eigenvalue weighted by molar-refractivity contribution is 8.00. The van der Waals surface area contributed by atoms with Crippen molar-refractivity contribution < 1.29 is 14.1 Å². The Hall–Kier alpha value is -2.81. The Balaban J connectivity index is 1.66. The first-order valence-electron chi connectivity index (χ1n) is 8.06. The molecule has 2 N–H and O–H groups in total. The van der Waals surface area contributed by atoms with Crippen molar-refractivity contribution in [2.75, 3.05) is 12.4 Å². The Morgan fingerprint density at radius 1 is 1.38 bits per heavy atom. The zero-order valence-corrected chi connectivity index (χ0v) is 15.5. The minimum Gasteiger partial charge on any atom is -0.497 e. The number of thioether (sulfide) groups is 1. The molecule has 9 heteroatoms. The average molecular weight is 373 g/mol. The van der Waals surface area contributed by atoms with Crippen LogP contribution in [0.15, 0.2) is 40.0 Å². The Morgan fingerprint density at radius 3 is 2.77 bits per heavy atom. The van der Waals surface area contributed by atoms with E-state index < -0.39 is 0 Å². The van der Waals surface area contributed by atoms with Gasteiger partial charge >= 0.3 is 0 Å². The predicted molar refractivity (Wildman–Crippen MR) is 98.2 cm³/mol. The summed E-state index contributed by atoms with van der Waals surface area (Å²) in [5.41, 5.74) is 0.890. The summed E-state index contributed by atoms with van der Waals surface area (Å²) in [6.07, 6.45) is 0.625. The maximum atomic E-state index is 12.4. The molecule has 1 atom stereocenters. The van der Waals surface area contributed by atoms with Crippen molar-refractivity contribution in [1.82, 2.24) is 20.3 Å². The Morgan fingerprint density at radius 2 is 2.15 bits per heavy atom. The van der Waals surface area contributed by atoms with Crippen molar-refractivity contribution in [1.29, 1.82) is 0 Å². The number of aryl methyl sites for hydroxylation is 1. The molecular formula is C17H19N5O3S. The van der Waals surface area contributed by atoms with Gasteiger partial charge in [0.2, 0.25) is 11.1 Å². The van der Waals surface area contributed by atoms with Crippen LogP contribution in [0, 0.1) is 6.92 Å². The van der Waals surface area contributed by atoms with Gasteiger partial charge in [-0.1, -0.05) is 23.8 Å². The van der Waals surface area contributed by atoms with E-state index in [0.717, 1.165) is 11.3 Å². The standard InChI is InChI=1S/C17H19N5O3S/c1-4-13(16(23)18-14-9-10(2)25-22-14)26-17-19-15(20-21-17)11-5-7-12(24-3)8-6-11/h5-9,13H,4H2,1-3H3,(H,18,22,23)(H,19,20,21). The quantitative estimate of drug-likeness (QED) is 0.612. The second-order valence-corrected chi connectivity index (χ2v) is 6.69. The van der Waals surface area contributed by atoms with Crippen LogP contribution in [-0.2, 0) is 4.79 Å². The minimum atomic E-state index is -0.341. The summed E-state index contributed by atoms with van der Waals surface area (Å²) in [6, 6.07) is 9.17. The number of aromatic amines is 1. The second-order valence-electron chi connectivity index (χ2n) is 5.52. The van der Waals surface area contributed by atoms with Crippen molar-refractivity contribution in [2.45, 2.75) is 30.7 Å². The number of nitrogens with one attached hydrogen (secondary N) is 2. The molecule has 0 fully saturated rings. The van der Waals surface area contributed by atoms with E-state index in [1.807, 2.05) is 31.2 Å². The minimum absolute atomic E-state index is 0.165. The van der Waals surface area contributed by atoms with Gasteiger partial charge in [0.25, 0.3) is 0 Å². The lowest BCUT2D eigenvalue weighted by molar-refractivity contribution is -0.115. The van der Waals surface area contributed by atoms with Gasteiger partial charge in [-0.2, -0.15) is 0 Å². The van der Waals surface area contributed by atoms with Crippen LogP contribution in [-0.4, -0.2) is 38.6 Å². The van der Waals surface area contributed by atoms with Crippen LogP contribution < -0.4 is 10.1 Å². The van der Waals surface area contributed by atoms with Crippen LogP contribution in [0.25, 0.3) is 11.4 Å². The van der Waals surface area contributed by atoms with Gasteiger partial charge in [0, 0.05) is 11.6 Å². The van der Waals surface area contributed by atoms with Gasteiger partial charge < -0.3 is 14.6 Å². The first kappa shape index (κ1) is 18.0. The highest BCUT2D eigenvalue weighted by Gasteiger charge is 2.21. The molecule has 0 saturated heterocycles. The van der Waals surface area contributed by atoms with Gasteiger partial charge in [0.1, 0.15) is 11.5 Å². The number of anilines is 1. The number of rotatable bonds is 7. The predicted octanol–water partition coefficient (Wildman–Crippen LogP) is 3.29. The van der Waals surface area contributed by atoms with Gasteiger partial charge in [-0.25, -0.2) is 4.98 Å². The Labute approximate surface area is 154 Å². The van der Waals surface area contributed by atoms with E-state index in [9.17, 15) is 4.79 Å². The summed E-state index contributed by atoms with van der Waals surface area (Å²) < 4.78 is 10.1. The maximum absolute atomic E-state index is 12.4. The zero-order valence-electron chi connectivity index (χ0n) is 14.6. The molecule has 1 amide bonds. The zero-order chi connectivity index (χ0) is 18.5. The van der Waals surface area contributed by atoms with Crippen LogP contribution in [0.4, 0.5) is 5.82 Å². The van der Waals surface area contributed by atoms with Crippen LogP contribution in [0.1, 0.15) is 19.1 Å². The number of benzene rings is 1. The summed E-state index contributed by atoms with van der Waals surface area (Å²) in [6.45, 7) is 3.70. The van der Waals surface area contributed by atoms with Crippen LogP contribution >= 0.6 is 11.8 Å². The molecule has 0 aliphatic carbocycles. The second kappa shape index (κ2) is 8.05. The van der Waals surface area contributed by atoms with Gasteiger partial charge in [-0.15, -0.1) is 5.10 Å². The molecule has 0 radical (unpaired) electrons. The van der Waals surface area contributed by atoms with Crippen molar-refractivity contribution in [2.24, 2.45) is 0 Å². The summed E-state index contributed by atoms with van der Waals surface area (Å²) >= 11 is 1.30. The number of aromatic nitrogens is 4. The molecule has 26 heavy (non-hydrogen) atoms. The summed E-state index contributed by atoms with van der Waals surface area (Å²) in [5.74, 6) is 2.28. The van der Waals surface area contributed by atoms with Crippen molar-refractivity contribution in [3.63, 3.8) is 0 Å². The molecule has 3 aromatic rings. The molecule has 0 aliphatic heterocycles. The Bertz CT molecular complexity index is 875. The molecule has 0 spiro atoms. The molecule has 2 heterocycles. The number of ether oxygens (including phenoxy) is 1. The number of nitrogens with zero attached hydrogens (tertiary/aromatic N) is 3. The van der Waals surface area contributed by atoms with Crippen LogP contribution in [0.5, 0.6) is 5.75 Å². The number of hydrogen-bond acceptors (Lipinski definition) is 7. The summed E-state index contributed by atoms with van der Waals surface area (Å²) in [7, 11) is 1.62. The topological polar surface area (TPSA) is 106 Å². The maximum Gasteiger partial charge on any atom is 0.239 e. The number of hydrogen-bond donors (Lipinski definition) is 2. The van der Waals surface area contributed by atoms with E-state index in [0.29, 0.717) is 29.0 Å². The average Bonchev–Trinajstić information content (AvgIpc) is 3.28. The lowest BCUT2D eigenvalue weighted by atomic mass is 10.2. The third-order valence-electron chi connectivity index (χ3n) is 3.62. The van der Waals surface area contributed by atoms with E-state index in [2.05, 4.69) is 25.7 Å². The van der Waals surface area contributed by atoms with E-state index >= 15 is 0 Å². The highest BCUT2D eigenvalue weighted by Crippen LogP contribution is 2.26. The lowest BCUT2D eigenvalue weighted by Crippen LogP contribution is -2.24. The molecule has 1 aromatic carbocycles. The molecule has 0 aliphatic rings. The van der Waals surface area contributed by atoms with Gasteiger partial charge in [0.15, 0.2) is 11.6 Å². The van der Waals surface area contributed by atoms with E-state index in [4.69, 9.17) is 9.26 Å². The molecule has 0 saturated carbocycles. The monoisotopic (exact) mass is 373 g/mol. The van der Waals surface area contributed by atoms with Gasteiger partial charge in [-0.05, 0) is 37.6 Å². The van der Waals surface area contributed by atoms with Crippen LogP contribution in [0.3, 0.4) is 0 Å². The molecule has 1 unspecified atom stereocenters. The first-order chi connectivity index (χ1) is 12.6. The number of H-pyrrole nitrogens is 1. The van der Waals surface area contributed by atoms with Gasteiger partial charge in [-0.3, -0.25) is 9.89 Å². The molecule has 0 bridgehead atoms. The number of methoxy groups -OCH3 is 1. The number of carbonyl (C=O) groups is 1. The van der Waals surface area contributed by atoms with E-state index in [1.165, 1.54) is 11.8 Å². The first-order valence-corrected chi connectivity index (χ1v) is 8.94. The normalized spacial score (nSPS) is 12.0. The Kier molecular flexibility index (Phi) is 5.57. The third kappa shape index (κ3) is 4.23. The third-order valence-corrected chi connectivity index (χ3v) is 4.84. The molecular weight excluding hydrogens is 354 g/mol. The SMILES string of the molecule is CCC(Sc1n[nH]c(-c2ccc(OC)cc2)n1)C(=O)Nc1cc(C)on1. The number of carbonyl (C=O) groups excluding carboxylic acids is 1. The fourth-order valence-electron chi connectivity index (χ4n) is 2.26. The van der Waals surface area contributed by atoms with E-state index in [1.54, 1.807) is 20.1 Å². The fourth-order valence-corrected chi connectivity index (χ4v) is 3.09. The fraction of sp³-hybridized carbons (Fsp3) is 0.294. The lowest BCUT2D eigenvalue weighted by Gasteiger charge is -2.10. The molecule has 136 valence electrons. The molecule has 8 nitrogen and oxygen atoms in total. The smallest absolute Gasteiger partial charge is 0.239 e.